The molecule has 0 atom stereocenters. The van der Waals surface area contributed by atoms with Crippen molar-refractivity contribution in [2.75, 3.05) is 0 Å². The number of hydrogen-bond donors (Lipinski definition) is 0. The maximum atomic E-state index is 4.80. The third-order valence-electron chi connectivity index (χ3n) is 2.27. The molecule has 0 amide bonds. The van der Waals surface area contributed by atoms with E-state index in [2.05, 4.69) is 39.0 Å². The second kappa shape index (κ2) is 3.84. The Morgan fingerprint density at radius 3 is 2.57 bits per heavy atom. The monoisotopic (exact) mass is 295 g/mol. The average Bonchev–Trinajstić information content (AvgIpc) is 2.83. The van der Waals surface area contributed by atoms with Crippen molar-refractivity contribution in [1.29, 1.82) is 0 Å². The summed E-state index contributed by atoms with van der Waals surface area (Å²) < 4.78 is 1.93. The molecule has 0 N–H and O–H groups in total. The normalized spacial score (nSPS) is 17.1. The van der Waals surface area contributed by atoms with Crippen molar-refractivity contribution in [3.63, 3.8) is 0 Å². The Balaban J connectivity index is 2.13. The summed E-state index contributed by atoms with van der Waals surface area (Å²) in [5.41, 5.74) is 1.35. The molecule has 0 saturated heterocycles. The Hall–Kier alpha value is -0.0513. The third kappa shape index (κ3) is 2.97. The van der Waals surface area contributed by atoms with Crippen molar-refractivity contribution >= 4 is 24.9 Å². The summed E-state index contributed by atoms with van der Waals surface area (Å²) in [4.78, 5) is 4.80. The van der Waals surface area contributed by atoms with Crippen LogP contribution in [0.15, 0.2) is 18.2 Å². The Bertz CT molecular complexity index is 323. The molecule has 74 valence electrons. The van der Waals surface area contributed by atoms with Gasteiger partial charge in [-0.05, 0) is 0 Å². The second-order valence-electron chi connectivity index (χ2n) is 5.10. The minimum absolute atomic E-state index is 0.498. The molecule has 2 heteroatoms. The first-order chi connectivity index (χ1) is 6.54. The van der Waals surface area contributed by atoms with E-state index in [1.165, 1.54) is 22.2 Å². The van der Waals surface area contributed by atoms with Crippen LogP contribution in [0.25, 0.3) is 0 Å². The van der Waals surface area contributed by atoms with E-state index in [4.69, 9.17) is 4.98 Å². The zero-order valence-electron chi connectivity index (χ0n) is 9.17. The number of pyridine rings is 1. The van der Waals surface area contributed by atoms with Crippen molar-refractivity contribution in [1.82, 2.24) is 4.98 Å². The summed E-state index contributed by atoms with van der Waals surface area (Å²) in [6.07, 6.45) is 2.72. The number of hydrogen-bond acceptors (Lipinski definition) is 1. The standard InChI is InChI=1S/C8H8N.C4H9.Sn/c1-2-6-9-8(3-1)7-4-5-7;1-4(2)3;/h1-3,7H,4-5H2;1-3H3;. The molecule has 2 rings (SSSR count). The van der Waals surface area contributed by atoms with Crippen LogP contribution >= 0.6 is 0 Å². The molecule has 2 radical (unpaired) electrons. The van der Waals surface area contributed by atoms with E-state index in [1.807, 2.05) is 0 Å². The van der Waals surface area contributed by atoms with Crippen LogP contribution in [0.4, 0.5) is 0 Å². The van der Waals surface area contributed by atoms with Gasteiger partial charge in [0, 0.05) is 0 Å². The maximum absolute atomic E-state index is 4.80. The fraction of sp³-hybridized carbons (Fsp3) is 0.583. The topological polar surface area (TPSA) is 12.9 Å². The van der Waals surface area contributed by atoms with Gasteiger partial charge in [0.2, 0.25) is 0 Å². The van der Waals surface area contributed by atoms with Gasteiger partial charge in [-0.2, -0.15) is 0 Å². The van der Waals surface area contributed by atoms with Gasteiger partial charge < -0.3 is 0 Å². The molecule has 0 bridgehead atoms. The third-order valence-corrected chi connectivity index (χ3v) is 5.94. The Morgan fingerprint density at radius 1 is 1.29 bits per heavy atom. The molecule has 1 aromatic rings. The van der Waals surface area contributed by atoms with Crippen molar-refractivity contribution in [2.24, 2.45) is 0 Å². The van der Waals surface area contributed by atoms with Gasteiger partial charge in [-0.15, -0.1) is 0 Å². The molecule has 1 aromatic heterocycles. The van der Waals surface area contributed by atoms with Crippen LogP contribution in [0.5, 0.6) is 0 Å². The molecule has 0 aromatic carbocycles. The molecule has 14 heavy (non-hydrogen) atoms. The van der Waals surface area contributed by atoms with Crippen molar-refractivity contribution < 1.29 is 0 Å². The van der Waals surface area contributed by atoms with Gasteiger partial charge in [-0.1, -0.05) is 0 Å². The molecule has 1 aliphatic carbocycles. The summed E-state index contributed by atoms with van der Waals surface area (Å²) >= 11 is -0.498. The Morgan fingerprint density at radius 2 is 2.00 bits per heavy atom. The van der Waals surface area contributed by atoms with Crippen LogP contribution in [0.1, 0.15) is 45.2 Å². The number of rotatable bonds is 2. The number of nitrogens with zero attached hydrogens (tertiary/aromatic N) is 1. The van der Waals surface area contributed by atoms with E-state index in [-0.39, 0.29) is 0 Å². The Labute approximate surface area is 96.5 Å². The van der Waals surface area contributed by atoms with Crippen LogP contribution in [0, 0.1) is 0 Å². The van der Waals surface area contributed by atoms with Crippen molar-refractivity contribution in [2.45, 2.75) is 43.0 Å². The molecule has 0 unspecified atom stereocenters. The van der Waals surface area contributed by atoms with Crippen molar-refractivity contribution in [3.05, 3.63) is 23.9 Å². The van der Waals surface area contributed by atoms with Crippen LogP contribution in [0.3, 0.4) is 0 Å². The van der Waals surface area contributed by atoms with Crippen molar-refractivity contribution in [3.8, 4) is 0 Å². The van der Waals surface area contributed by atoms with Gasteiger partial charge in [0.05, 0.1) is 0 Å². The average molecular weight is 294 g/mol. The van der Waals surface area contributed by atoms with E-state index < -0.39 is 21.1 Å². The van der Waals surface area contributed by atoms with Gasteiger partial charge in [-0.3, -0.25) is 0 Å². The van der Waals surface area contributed by atoms with Crippen LogP contribution in [-0.2, 0) is 0 Å². The van der Waals surface area contributed by atoms with Gasteiger partial charge in [0.25, 0.3) is 0 Å². The molecule has 1 heterocycles. The summed E-state index contributed by atoms with van der Waals surface area (Å²) in [6.45, 7) is 7.01. The molecular weight excluding hydrogens is 277 g/mol. The molecular formula is C12H17NSn. The number of aromatic nitrogens is 1. The minimum atomic E-state index is -0.498. The summed E-state index contributed by atoms with van der Waals surface area (Å²) in [6, 6.07) is 6.62. The van der Waals surface area contributed by atoms with E-state index in [1.54, 1.807) is 0 Å². The molecule has 0 aliphatic heterocycles. The quantitative estimate of drug-likeness (QED) is 0.764. The Kier molecular flexibility index (Phi) is 2.87. The van der Waals surface area contributed by atoms with E-state index in [0.717, 1.165) is 5.92 Å². The van der Waals surface area contributed by atoms with Crippen LogP contribution < -0.4 is 3.71 Å². The summed E-state index contributed by atoms with van der Waals surface area (Å²) in [5, 5.41) is 0. The fourth-order valence-electron chi connectivity index (χ4n) is 1.51. The van der Waals surface area contributed by atoms with E-state index in [0.29, 0.717) is 3.43 Å². The molecule has 1 aliphatic rings. The SMILES string of the molecule is C[C](C)(C)[Sn][c]1cccc(C2CC2)n1. The predicted octanol–water partition coefficient (Wildman–Crippen LogP) is 2.51. The first-order valence-corrected chi connectivity index (χ1v) is 8.15. The first-order valence-electron chi connectivity index (χ1n) is 5.30. The molecule has 1 nitrogen and oxygen atoms in total. The fourth-order valence-corrected chi connectivity index (χ4v) is 4.75. The van der Waals surface area contributed by atoms with E-state index >= 15 is 0 Å². The first kappa shape index (κ1) is 10.5. The zero-order valence-corrected chi connectivity index (χ0v) is 12.0. The molecule has 1 saturated carbocycles. The van der Waals surface area contributed by atoms with Crippen LogP contribution in [0.2, 0.25) is 3.43 Å². The van der Waals surface area contributed by atoms with Gasteiger partial charge in [0.1, 0.15) is 0 Å². The molecule has 0 spiro atoms. The second-order valence-corrected chi connectivity index (χ2v) is 11.6. The van der Waals surface area contributed by atoms with Gasteiger partial charge in [0.15, 0.2) is 0 Å². The summed E-state index contributed by atoms with van der Waals surface area (Å²) in [7, 11) is 0. The van der Waals surface area contributed by atoms with Gasteiger partial charge in [-0.25, -0.2) is 0 Å². The molecule has 1 fully saturated rings. The van der Waals surface area contributed by atoms with Gasteiger partial charge >= 0.3 is 96.7 Å². The zero-order chi connectivity index (χ0) is 10.2. The predicted molar refractivity (Wildman–Crippen MR) is 61.3 cm³/mol. The van der Waals surface area contributed by atoms with Crippen LogP contribution in [-0.4, -0.2) is 26.1 Å². The summed E-state index contributed by atoms with van der Waals surface area (Å²) in [5.74, 6) is 0.800. The van der Waals surface area contributed by atoms with E-state index in [9.17, 15) is 0 Å².